The van der Waals surface area contributed by atoms with Gasteiger partial charge in [-0.15, -0.1) is 10.2 Å². The summed E-state index contributed by atoms with van der Waals surface area (Å²) in [5.74, 6) is -0.428. The summed E-state index contributed by atoms with van der Waals surface area (Å²) in [6.45, 7) is 1.81. The molecule has 0 fully saturated rings. The largest absolute Gasteiger partial charge is 0.508 e. The van der Waals surface area contributed by atoms with Gasteiger partial charge in [-0.3, -0.25) is 4.40 Å². The van der Waals surface area contributed by atoms with Crippen molar-refractivity contribution in [1.82, 2.24) is 19.6 Å². The fourth-order valence-electron chi connectivity index (χ4n) is 2.21. The van der Waals surface area contributed by atoms with Crippen LogP contribution in [0, 0.1) is 0 Å². The Labute approximate surface area is 127 Å². The molecule has 0 amide bonds. The topological polar surface area (TPSA) is 83.5 Å². The molecule has 0 aliphatic rings. The molecule has 0 spiro atoms. The third-order valence-corrected chi connectivity index (χ3v) is 3.39. The van der Waals surface area contributed by atoms with Crippen molar-refractivity contribution in [3.63, 3.8) is 0 Å². The molecule has 0 atom stereocenters. The van der Waals surface area contributed by atoms with Gasteiger partial charge in [0.05, 0.1) is 5.56 Å². The number of aromatic hydroxyl groups is 2. The van der Waals surface area contributed by atoms with E-state index in [9.17, 15) is 23.4 Å². The predicted molar refractivity (Wildman–Crippen MR) is 73.9 cm³/mol. The van der Waals surface area contributed by atoms with Crippen LogP contribution < -0.4 is 0 Å². The molecule has 0 aliphatic heterocycles. The molecule has 6 nitrogen and oxygen atoms in total. The van der Waals surface area contributed by atoms with Crippen molar-refractivity contribution in [2.45, 2.75) is 19.5 Å². The maximum atomic E-state index is 12.7. The van der Waals surface area contributed by atoms with Crippen LogP contribution in [0.1, 0.15) is 18.2 Å². The highest BCUT2D eigenvalue weighted by Gasteiger charge is 2.33. The maximum absolute atomic E-state index is 12.7. The highest BCUT2D eigenvalue weighted by atomic mass is 19.4. The minimum atomic E-state index is -4.58. The number of aromatic nitrogens is 4. The average molecular weight is 324 g/mol. The number of benzene rings is 1. The van der Waals surface area contributed by atoms with Gasteiger partial charge in [-0.05, 0) is 24.1 Å². The first-order chi connectivity index (χ1) is 10.8. The summed E-state index contributed by atoms with van der Waals surface area (Å²) in [6, 6.07) is 3.48. The van der Waals surface area contributed by atoms with Gasteiger partial charge in [0.1, 0.15) is 17.2 Å². The summed E-state index contributed by atoms with van der Waals surface area (Å²) in [5.41, 5.74) is -0.267. The van der Waals surface area contributed by atoms with Gasteiger partial charge in [0.2, 0.25) is 0 Å². The third kappa shape index (κ3) is 2.54. The molecule has 1 aromatic carbocycles. The minimum Gasteiger partial charge on any atom is -0.508 e. The molecule has 2 N–H and O–H groups in total. The lowest BCUT2D eigenvalue weighted by molar-refractivity contribution is -0.141. The van der Waals surface area contributed by atoms with Crippen LogP contribution >= 0.6 is 0 Å². The third-order valence-electron chi connectivity index (χ3n) is 3.39. The van der Waals surface area contributed by atoms with Gasteiger partial charge in [0, 0.05) is 12.3 Å². The highest BCUT2D eigenvalue weighted by molar-refractivity contribution is 5.68. The first kappa shape index (κ1) is 15.1. The molecule has 0 saturated carbocycles. The number of aryl methyl sites for hydroxylation is 1. The Bertz CT molecular complexity index is 890. The molecule has 0 unspecified atom stereocenters. The summed E-state index contributed by atoms with van der Waals surface area (Å²) in [7, 11) is 0. The number of halogens is 3. The first-order valence-electron chi connectivity index (χ1n) is 6.65. The van der Waals surface area contributed by atoms with E-state index in [-0.39, 0.29) is 28.7 Å². The van der Waals surface area contributed by atoms with Crippen molar-refractivity contribution >= 4 is 5.78 Å². The van der Waals surface area contributed by atoms with Crippen LogP contribution in [-0.2, 0) is 12.6 Å². The highest BCUT2D eigenvalue weighted by Crippen LogP contribution is 2.35. The first-order valence-corrected chi connectivity index (χ1v) is 6.65. The number of fused-ring (bicyclic) bond motifs is 1. The maximum Gasteiger partial charge on any atom is 0.433 e. The number of hydrogen-bond acceptors (Lipinski definition) is 5. The van der Waals surface area contributed by atoms with E-state index in [1.165, 1.54) is 10.5 Å². The van der Waals surface area contributed by atoms with Crippen molar-refractivity contribution in [1.29, 1.82) is 0 Å². The fourth-order valence-corrected chi connectivity index (χ4v) is 2.21. The summed E-state index contributed by atoms with van der Waals surface area (Å²) >= 11 is 0. The number of phenols is 2. The summed E-state index contributed by atoms with van der Waals surface area (Å²) in [5, 5.41) is 27.1. The van der Waals surface area contributed by atoms with Crippen LogP contribution in [0.4, 0.5) is 13.2 Å². The predicted octanol–water partition coefficient (Wildman–Crippen LogP) is 2.78. The smallest absolute Gasteiger partial charge is 0.433 e. The second-order valence-corrected chi connectivity index (χ2v) is 4.86. The van der Waals surface area contributed by atoms with E-state index in [0.717, 1.165) is 18.3 Å². The monoisotopic (exact) mass is 324 g/mol. The molecular formula is C14H11F3N4O2. The zero-order valence-electron chi connectivity index (χ0n) is 11.8. The van der Waals surface area contributed by atoms with E-state index in [0.29, 0.717) is 12.0 Å². The van der Waals surface area contributed by atoms with E-state index in [1.807, 2.05) is 6.92 Å². The van der Waals surface area contributed by atoms with Crippen molar-refractivity contribution in [3.8, 4) is 22.9 Å². The van der Waals surface area contributed by atoms with E-state index in [2.05, 4.69) is 15.2 Å². The Morgan fingerprint density at radius 2 is 1.87 bits per heavy atom. The van der Waals surface area contributed by atoms with Gasteiger partial charge in [0.15, 0.2) is 5.82 Å². The second kappa shape index (κ2) is 5.11. The molecule has 2 aromatic heterocycles. The molecule has 120 valence electrons. The molecule has 0 aliphatic carbocycles. The Hall–Kier alpha value is -2.84. The lowest BCUT2D eigenvalue weighted by atomic mass is 10.1. The lowest BCUT2D eigenvalue weighted by Gasteiger charge is -2.08. The van der Waals surface area contributed by atoms with Gasteiger partial charge in [-0.2, -0.15) is 13.2 Å². The average Bonchev–Trinajstić information content (AvgIpc) is 2.89. The van der Waals surface area contributed by atoms with Crippen LogP contribution in [-0.4, -0.2) is 29.8 Å². The Kier molecular flexibility index (Phi) is 3.35. The van der Waals surface area contributed by atoms with E-state index >= 15 is 0 Å². The number of hydrogen-bond donors (Lipinski definition) is 2. The van der Waals surface area contributed by atoms with Crippen LogP contribution in [0.15, 0.2) is 24.4 Å². The quantitative estimate of drug-likeness (QED) is 0.757. The summed E-state index contributed by atoms with van der Waals surface area (Å²) in [4.78, 5) is 3.42. The molecule has 2 heterocycles. The van der Waals surface area contributed by atoms with Gasteiger partial charge < -0.3 is 10.2 Å². The fraction of sp³-hybridized carbons (Fsp3) is 0.214. The summed E-state index contributed by atoms with van der Waals surface area (Å²) < 4.78 is 39.2. The van der Waals surface area contributed by atoms with Crippen LogP contribution in [0.3, 0.4) is 0 Å². The van der Waals surface area contributed by atoms with Gasteiger partial charge >= 0.3 is 6.18 Å². The van der Waals surface area contributed by atoms with Crippen molar-refractivity contribution in [2.24, 2.45) is 0 Å². The Balaban J connectivity index is 2.18. The SMILES string of the molecule is CCc1cc(-c2nnc3nc(C(F)(F)F)ccn23)c(O)cc1O. The standard InChI is InChI=1S/C14H11F3N4O2/c1-2-7-5-8(10(23)6-9(7)22)12-19-20-13-18-11(14(15,16)17)3-4-21(12)13/h3-6,22-23H,2H2,1H3. The van der Waals surface area contributed by atoms with Crippen molar-refractivity contribution in [3.05, 3.63) is 35.7 Å². The van der Waals surface area contributed by atoms with Gasteiger partial charge in [-0.1, -0.05) is 6.92 Å². The molecule has 0 radical (unpaired) electrons. The zero-order chi connectivity index (χ0) is 16.8. The van der Waals surface area contributed by atoms with Crippen molar-refractivity contribution in [2.75, 3.05) is 0 Å². The number of alkyl halides is 3. The Morgan fingerprint density at radius 1 is 1.13 bits per heavy atom. The molecular weight excluding hydrogens is 313 g/mol. The minimum absolute atomic E-state index is 0.0694. The van der Waals surface area contributed by atoms with E-state index in [1.54, 1.807) is 0 Å². The Morgan fingerprint density at radius 3 is 2.52 bits per heavy atom. The van der Waals surface area contributed by atoms with Gasteiger partial charge in [0.25, 0.3) is 5.78 Å². The van der Waals surface area contributed by atoms with E-state index < -0.39 is 11.9 Å². The zero-order valence-corrected chi connectivity index (χ0v) is 11.8. The molecule has 23 heavy (non-hydrogen) atoms. The van der Waals surface area contributed by atoms with Crippen molar-refractivity contribution < 1.29 is 23.4 Å². The van der Waals surface area contributed by atoms with Crippen LogP contribution in [0.5, 0.6) is 11.5 Å². The molecule has 9 heteroatoms. The number of nitrogens with zero attached hydrogens (tertiary/aromatic N) is 4. The molecule has 3 aromatic rings. The number of rotatable bonds is 2. The number of phenolic OH excluding ortho intramolecular Hbond substituents is 2. The second-order valence-electron chi connectivity index (χ2n) is 4.86. The van der Waals surface area contributed by atoms with E-state index in [4.69, 9.17) is 0 Å². The summed E-state index contributed by atoms with van der Waals surface area (Å²) in [6.07, 6.45) is -2.94. The molecule has 3 rings (SSSR count). The molecule has 0 bridgehead atoms. The lowest BCUT2D eigenvalue weighted by Crippen LogP contribution is -2.09. The normalized spacial score (nSPS) is 12.0. The molecule has 0 saturated heterocycles. The van der Waals surface area contributed by atoms with Crippen LogP contribution in [0.2, 0.25) is 0 Å². The van der Waals surface area contributed by atoms with Crippen LogP contribution in [0.25, 0.3) is 17.2 Å². The van der Waals surface area contributed by atoms with Gasteiger partial charge in [-0.25, -0.2) is 4.98 Å².